The summed E-state index contributed by atoms with van der Waals surface area (Å²) in [5.41, 5.74) is -0.756. The van der Waals surface area contributed by atoms with Crippen LogP contribution in [0.4, 0.5) is 24.5 Å². The van der Waals surface area contributed by atoms with Crippen molar-refractivity contribution in [1.82, 2.24) is 9.38 Å². The van der Waals surface area contributed by atoms with Crippen molar-refractivity contribution >= 4 is 33.6 Å². The Morgan fingerprint density at radius 3 is 2.61 bits per heavy atom. The maximum Gasteiger partial charge on any atom is 0.418 e. The molecule has 0 aliphatic carbocycles. The van der Waals surface area contributed by atoms with Gasteiger partial charge < -0.3 is 10.6 Å². The molecule has 0 fully saturated rings. The fourth-order valence-electron chi connectivity index (χ4n) is 2.97. The first kappa shape index (κ1) is 20.6. The van der Waals surface area contributed by atoms with Crippen molar-refractivity contribution in [3.63, 3.8) is 0 Å². The van der Waals surface area contributed by atoms with E-state index < -0.39 is 17.6 Å². The van der Waals surface area contributed by atoms with E-state index in [-0.39, 0.29) is 23.5 Å². The van der Waals surface area contributed by atoms with Crippen LogP contribution in [0.5, 0.6) is 0 Å². The molecule has 0 spiro atoms. The molecule has 1 amide bonds. The average molecular weight is 444 g/mol. The number of nitrogens with zero attached hydrogens (tertiary/aromatic N) is 2. The minimum Gasteiger partial charge on any atom is -0.379 e. The zero-order valence-electron chi connectivity index (χ0n) is 15.8. The highest BCUT2D eigenvalue weighted by Gasteiger charge is 2.34. The number of fused-ring (bicyclic) bond motifs is 1. The van der Waals surface area contributed by atoms with Gasteiger partial charge in [-0.05, 0) is 30.3 Å². The van der Waals surface area contributed by atoms with E-state index in [0.29, 0.717) is 16.2 Å². The van der Waals surface area contributed by atoms with E-state index in [0.717, 1.165) is 6.07 Å². The number of anilines is 2. The van der Waals surface area contributed by atoms with Gasteiger partial charge in [0, 0.05) is 34.6 Å². The highest BCUT2D eigenvalue weighted by Crippen LogP contribution is 2.37. The lowest BCUT2D eigenvalue weighted by atomic mass is 10.1. The number of alkyl halides is 3. The van der Waals surface area contributed by atoms with Gasteiger partial charge in [0.15, 0.2) is 4.96 Å². The number of carbonyl (C=O) groups excluding carboxylic acids is 1. The lowest BCUT2D eigenvalue weighted by molar-refractivity contribution is -0.136. The van der Waals surface area contributed by atoms with Crippen LogP contribution in [0.3, 0.4) is 0 Å². The second kappa shape index (κ2) is 8.23. The molecule has 0 aliphatic heterocycles. The Hall–Kier alpha value is -3.66. The van der Waals surface area contributed by atoms with Crippen LogP contribution >= 0.6 is 11.3 Å². The summed E-state index contributed by atoms with van der Waals surface area (Å²) < 4.78 is 42.2. The SMILES string of the molecule is O=C(Nc1ccc(NCc2cc(=O)n3ccsc3n2)c(C(F)(F)F)c1)c1ccccc1. The molecule has 0 unspecified atom stereocenters. The van der Waals surface area contributed by atoms with Crippen molar-refractivity contribution in [2.24, 2.45) is 0 Å². The van der Waals surface area contributed by atoms with Gasteiger partial charge in [0.05, 0.1) is 17.8 Å². The summed E-state index contributed by atoms with van der Waals surface area (Å²) in [6.07, 6.45) is -3.07. The number of aromatic nitrogens is 2. The molecule has 6 nitrogen and oxygen atoms in total. The number of benzene rings is 2. The highest BCUT2D eigenvalue weighted by molar-refractivity contribution is 7.15. The van der Waals surface area contributed by atoms with Crippen molar-refractivity contribution in [2.45, 2.75) is 12.7 Å². The molecule has 10 heteroatoms. The molecular formula is C21H15F3N4O2S. The molecule has 31 heavy (non-hydrogen) atoms. The van der Waals surface area contributed by atoms with Crippen molar-refractivity contribution in [1.29, 1.82) is 0 Å². The highest BCUT2D eigenvalue weighted by atomic mass is 32.1. The first-order chi connectivity index (χ1) is 14.8. The first-order valence-corrected chi connectivity index (χ1v) is 9.96. The summed E-state index contributed by atoms with van der Waals surface area (Å²) in [5, 5.41) is 6.87. The molecule has 0 saturated carbocycles. The largest absolute Gasteiger partial charge is 0.418 e. The number of hydrogen-bond donors (Lipinski definition) is 2. The monoisotopic (exact) mass is 444 g/mol. The van der Waals surface area contributed by atoms with Gasteiger partial charge in [-0.25, -0.2) is 4.98 Å². The molecule has 2 aromatic carbocycles. The number of halogens is 3. The second-order valence-electron chi connectivity index (χ2n) is 6.57. The zero-order valence-corrected chi connectivity index (χ0v) is 16.6. The molecule has 0 radical (unpaired) electrons. The van der Waals surface area contributed by atoms with Gasteiger partial charge in [0.2, 0.25) is 0 Å². The van der Waals surface area contributed by atoms with E-state index in [1.807, 2.05) is 0 Å². The fourth-order valence-corrected chi connectivity index (χ4v) is 3.71. The van der Waals surface area contributed by atoms with Crippen molar-refractivity contribution in [3.8, 4) is 0 Å². The number of rotatable bonds is 5. The van der Waals surface area contributed by atoms with Gasteiger partial charge in [-0.3, -0.25) is 14.0 Å². The predicted octanol–water partition coefficient (Wildman–Crippen LogP) is 4.64. The van der Waals surface area contributed by atoms with Crippen molar-refractivity contribution in [2.75, 3.05) is 10.6 Å². The topological polar surface area (TPSA) is 75.5 Å². The van der Waals surface area contributed by atoms with Crippen LogP contribution in [-0.4, -0.2) is 15.3 Å². The Morgan fingerprint density at radius 2 is 1.87 bits per heavy atom. The van der Waals surface area contributed by atoms with E-state index in [4.69, 9.17) is 0 Å². The van der Waals surface area contributed by atoms with Gasteiger partial charge in [0.25, 0.3) is 11.5 Å². The number of carbonyl (C=O) groups is 1. The maximum atomic E-state index is 13.6. The molecule has 0 saturated heterocycles. The molecule has 2 aromatic heterocycles. The van der Waals surface area contributed by atoms with Gasteiger partial charge in [-0.15, -0.1) is 11.3 Å². The molecule has 158 valence electrons. The van der Waals surface area contributed by atoms with E-state index >= 15 is 0 Å². The Bertz CT molecular complexity index is 1300. The Balaban J connectivity index is 1.57. The van der Waals surface area contributed by atoms with Gasteiger partial charge >= 0.3 is 6.18 Å². The number of hydrogen-bond acceptors (Lipinski definition) is 5. The fraction of sp³-hybridized carbons (Fsp3) is 0.0952. The maximum absolute atomic E-state index is 13.6. The van der Waals surface area contributed by atoms with E-state index in [2.05, 4.69) is 15.6 Å². The molecular weight excluding hydrogens is 429 g/mol. The summed E-state index contributed by atoms with van der Waals surface area (Å²) in [4.78, 5) is 29.0. The second-order valence-corrected chi connectivity index (χ2v) is 7.45. The zero-order chi connectivity index (χ0) is 22.0. The summed E-state index contributed by atoms with van der Waals surface area (Å²) in [6.45, 7) is -0.0670. The third-order valence-corrected chi connectivity index (χ3v) is 5.19. The number of nitrogens with one attached hydrogen (secondary N) is 2. The number of thiazole rings is 1. The molecule has 4 aromatic rings. The Labute approximate surface area is 178 Å². The summed E-state index contributed by atoms with van der Waals surface area (Å²) in [7, 11) is 0. The Morgan fingerprint density at radius 1 is 1.10 bits per heavy atom. The van der Waals surface area contributed by atoms with Crippen LogP contribution in [0.25, 0.3) is 4.96 Å². The molecule has 0 bridgehead atoms. The smallest absolute Gasteiger partial charge is 0.379 e. The third kappa shape index (κ3) is 4.58. The predicted molar refractivity (Wildman–Crippen MR) is 113 cm³/mol. The van der Waals surface area contributed by atoms with Crippen molar-refractivity contribution < 1.29 is 18.0 Å². The third-order valence-electron chi connectivity index (χ3n) is 4.44. The molecule has 4 rings (SSSR count). The van der Waals surface area contributed by atoms with Gasteiger partial charge in [-0.1, -0.05) is 18.2 Å². The normalized spacial score (nSPS) is 11.5. The molecule has 2 heterocycles. The van der Waals surface area contributed by atoms with Gasteiger partial charge in [0.1, 0.15) is 0 Å². The molecule has 0 aliphatic rings. The molecule has 2 N–H and O–H groups in total. The number of amides is 1. The summed E-state index contributed by atoms with van der Waals surface area (Å²) in [6, 6.07) is 12.9. The quantitative estimate of drug-likeness (QED) is 0.470. The summed E-state index contributed by atoms with van der Waals surface area (Å²) >= 11 is 1.25. The van der Waals surface area contributed by atoms with E-state index in [1.54, 1.807) is 41.9 Å². The molecule has 0 atom stereocenters. The standard InChI is InChI=1S/C21H15F3N4O2S/c22-21(23,24)16-10-14(26-19(30)13-4-2-1-3-5-13)6-7-17(16)25-12-15-11-18(29)28-8-9-31-20(28)27-15/h1-11,25H,12H2,(H,26,30). The minimum absolute atomic E-state index is 0.0168. The van der Waals surface area contributed by atoms with Crippen LogP contribution in [-0.2, 0) is 12.7 Å². The van der Waals surface area contributed by atoms with E-state index in [9.17, 15) is 22.8 Å². The van der Waals surface area contributed by atoms with Crippen LogP contribution in [0, 0.1) is 0 Å². The lowest BCUT2D eigenvalue weighted by Crippen LogP contribution is -2.17. The average Bonchev–Trinajstić information content (AvgIpc) is 3.22. The van der Waals surface area contributed by atoms with Crippen LogP contribution in [0.15, 0.2) is 71.0 Å². The van der Waals surface area contributed by atoms with Crippen molar-refractivity contribution in [3.05, 3.63) is 93.3 Å². The van der Waals surface area contributed by atoms with E-state index in [1.165, 1.54) is 33.9 Å². The van der Waals surface area contributed by atoms with Crippen LogP contribution in [0.2, 0.25) is 0 Å². The first-order valence-electron chi connectivity index (χ1n) is 9.08. The lowest BCUT2D eigenvalue weighted by Gasteiger charge is -2.16. The van der Waals surface area contributed by atoms with Gasteiger partial charge in [-0.2, -0.15) is 13.2 Å². The minimum atomic E-state index is -4.65. The van der Waals surface area contributed by atoms with Crippen LogP contribution in [0.1, 0.15) is 21.6 Å². The summed E-state index contributed by atoms with van der Waals surface area (Å²) in [5.74, 6) is -0.511. The van der Waals surface area contributed by atoms with Crippen LogP contribution < -0.4 is 16.2 Å². The Kier molecular flexibility index (Phi) is 5.47.